The fourth-order valence-corrected chi connectivity index (χ4v) is 2.33. The normalized spacial score (nSPS) is 19.5. The van der Waals surface area contributed by atoms with E-state index < -0.39 is 0 Å². The third kappa shape index (κ3) is 1.98. The Balaban J connectivity index is 1.91. The zero-order chi connectivity index (χ0) is 11.5. The third-order valence-electron chi connectivity index (χ3n) is 3.09. The van der Waals surface area contributed by atoms with Crippen molar-refractivity contribution in [1.29, 1.82) is 0 Å². The van der Waals surface area contributed by atoms with Gasteiger partial charge in [-0.15, -0.1) is 0 Å². The van der Waals surface area contributed by atoms with Crippen LogP contribution in [0.25, 0.3) is 0 Å². The number of hydrogen-bond acceptors (Lipinski definition) is 4. The van der Waals surface area contributed by atoms with Gasteiger partial charge in [0.25, 0.3) is 0 Å². The number of pyridine rings is 1. The second-order valence-corrected chi connectivity index (χ2v) is 4.15. The summed E-state index contributed by atoms with van der Waals surface area (Å²) >= 11 is 0. The zero-order valence-corrected chi connectivity index (χ0v) is 9.53. The molecule has 4 nitrogen and oxygen atoms in total. The molecule has 0 aliphatic carbocycles. The molecule has 3 rings (SSSR count). The van der Waals surface area contributed by atoms with Gasteiger partial charge in [0.05, 0.1) is 11.7 Å². The van der Waals surface area contributed by atoms with Crippen molar-refractivity contribution in [2.75, 3.05) is 11.4 Å². The van der Waals surface area contributed by atoms with Gasteiger partial charge in [-0.3, -0.25) is 4.98 Å². The minimum Gasteiger partial charge on any atom is -0.332 e. The van der Waals surface area contributed by atoms with Crippen molar-refractivity contribution in [2.24, 2.45) is 0 Å². The van der Waals surface area contributed by atoms with Crippen LogP contribution in [-0.4, -0.2) is 21.5 Å². The molecule has 0 spiro atoms. The van der Waals surface area contributed by atoms with Crippen molar-refractivity contribution >= 4 is 5.95 Å². The lowest BCUT2D eigenvalue weighted by Crippen LogP contribution is -2.25. The first kappa shape index (κ1) is 10.2. The molecule has 0 N–H and O–H groups in total. The van der Waals surface area contributed by atoms with Gasteiger partial charge in [-0.1, -0.05) is 6.07 Å². The van der Waals surface area contributed by atoms with Crippen LogP contribution in [-0.2, 0) is 0 Å². The largest absolute Gasteiger partial charge is 0.332 e. The standard InChI is InChI=1S/C13H14N4/c1-2-7-14-11(5-1)12-6-3-10-17(12)13-15-8-4-9-16-13/h1-2,4-5,7-9,12H,3,6,10H2/t12-/m0/s1. The second-order valence-electron chi connectivity index (χ2n) is 4.15. The van der Waals surface area contributed by atoms with Gasteiger partial charge in [-0.2, -0.15) is 0 Å². The van der Waals surface area contributed by atoms with E-state index in [1.165, 1.54) is 6.42 Å². The van der Waals surface area contributed by atoms with Crippen LogP contribution in [0.3, 0.4) is 0 Å². The molecule has 2 aromatic rings. The Labute approximate surface area is 100 Å². The maximum atomic E-state index is 4.44. The first-order chi connectivity index (χ1) is 8.45. The highest BCUT2D eigenvalue weighted by Gasteiger charge is 2.28. The molecule has 0 saturated carbocycles. The molecule has 0 aromatic carbocycles. The Kier molecular flexibility index (Phi) is 2.69. The minimum absolute atomic E-state index is 0.318. The highest BCUT2D eigenvalue weighted by molar-refractivity contribution is 5.35. The molecule has 0 bridgehead atoms. The van der Waals surface area contributed by atoms with Crippen LogP contribution < -0.4 is 4.90 Å². The summed E-state index contributed by atoms with van der Waals surface area (Å²) in [6, 6.07) is 8.21. The highest BCUT2D eigenvalue weighted by Crippen LogP contribution is 2.32. The lowest BCUT2D eigenvalue weighted by Gasteiger charge is -2.23. The third-order valence-corrected chi connectivity index (χ3v) is 3.09. The predicted octanol–water partition coefficient (Wildman–Crippen LogP) is 2.21. The van der Waals surface area contributed by atoms with Crippen molar-refractivity contribution in [3.05, 3.63) is 48.5 Å². The van der Waals surface area contributed by atoms with Gasteiger partial charge in [-0.25, -0.2) is 9.97 Å². The number of rotatable bonds is 2. The quantitative estimate of drug-likeness (QED) is 0.787. The van der Waals surface area contributed by atoms with Crippen molar-refractivity contribution in [3.8, 4) is 0 Å². The molecule has 1 saturated heterocycles. The van der Waals surface area contributed by atoms with Crippen LogP contribution in [0.4, 0.5) is 5.95 Å². The van der Waals surface area contributed by atoms with E-state index in [0.29, 0.717) is 6.04 Å². The SMILES string of the molecule is c1ccc([C@@H]2CCCN2c2ncccn2)nc1. The second kappa shape index (κ2) is 4.49. The number of aromatic nitrogens is 3. The monoisotopic (exact) mass is 226 g/mol. The van der Waals surface area contributed by atoms with Crippen molar-refractivity contribution in [2.45, 2.75) is 18.9 Å². The lowest BCUT2D eigenvalue weighted by atomic mass is 10.1. The smallest absolute Gasteiger partial charge is 0.225 e. The first-order valence-electron chi connectivity index (χ1n) is 5.90. The molecule has 0 radical (unpaired) electrons. The molecule has 17 heavy (non-hydrogen) atoms. The van der Waals surface area contributed by atoms with E-state index in [-0.39, 0.29) is 0 Å². The predicted molar refractivity (Wildman–Crippen MR) is 65.6 cm³/mol. The van der Waals surface area contributed by atoms with Crippen LogP contribution in [0.5, 0.6) is 0 Å². The van der Waals surface area contributed by atoms with Crippen molar-refractivity contribution in [1.82, 2.24) is 15.0 Å². The molecule has 86 valence electrons. The maximum absolute atomic E-state index is 4.44. The Bertz CT molecular complexity index is 426. The summed E-state index contributed by atoms with van der Waals surface area (Å²) in [6.45, 7) is 1.01. The summed E-state index contributed by atoms with van der Waals surface area (Å²) in [6.07, 6.45) is 7.71. The molecule has 2 aromatic heterocycles. The van der Waals surface area contributed by atoms with Crippen LogP contribution in [0.2, 0.25) is 0 Å². The van der Waals surface area contributed by atoms with E-state index in [1.807, 2.05) is 24.4 Å². The van der Waals surface area contributed by atoms with Gasteiger partial charge in [0, 0.05) is 25.1 Å². The lowest BCUT2D eigenvalue weighted by molar-refractivity contribution is 0.679. The molecule has 1 aliphatic heterocycles. The Morgan fingerprint density at radius 3 is 2.59 bits per heavy atom. The van der Waals surface area contributed by atoms with Crippen LogP contribution in [0.1, 0.15) is 24.6 Å². The van der Waals surface area contributed by atoms with E-state index in [4.69, 9.17) is 0 Å². The van der Waals surface area contributed by atoms with Crippen molar-refractivity contribution < 1.29 is 0 Å². The van der Waals surface area contributed by atoms with Gasteiger partial charge < -0.3 is 4.90 Å². The first-order valence-corrected chi connectivity index (χ1v) is 5.90. The number of hydrogen-bond donors (Lipinski definition) is 0. The topological polar surface area (TPSA) is 41.9 Å². The maximum Gasteiger partial charge on any atom is 0.225 e. The Morgan fingerprint density at radius 2 is 1.82 bits per heavy atom. The zero-order valence-electron chi connectivity index (χ0n) is 9.53. The average Bonchev–Trinajstić information content (AvgIpc) is 2.90. The van der Waals surface area contributed by atoms with Crippen molar-refractivity contribution in [3.63, 3.8) is 0 Å². The van der Waals surface area contributed by atoms with E-state index in [2.05, 4.69) is 25.9 Å². The molecule has 0 unspecified atom stereocenters. The van der Waals surface area contributed by atoms with E-state index in [9.17, 15) is 0 Å². The van der Waals surface area contributed by atoms with Gasteiger partial charge in [-0.05, 0) is 31.0 Å². The summed E-state index contributed by atoms with van der Waals surface area (Å²) in [5, 5.41) is 0. The number of nitrogens with zero attached hydrogens (tertiary/aromatic N) is 4. The minimum atomic E-state index is 0.318. The fourth-order valence-electron chi connectivity index (χ4n) is 2.33. The van der Waals surface area contributed by atoms with Crippen LogP contribution >= 0.6 is 0 Å². The summed E-state index contributed by atoms with van der Waals surface area (Å²) in [7, 11) is 0. The fraction of sp³-hybridized carbons (Fsp3) is 0.308. The van der Waals surface area contributed by atoms with Gasteiger partial charge >= 0.3 is 0 Å². The summed E-state index contributed by atoms with van der Waals surface area (Å²) in [5.74, 6) is 0.806. The van der Waals surface area contributed by atoms with Crippen LogP contribution in [0, 0.1) is 0 Å². The molecule has 4 heteroatoms. The molecular weight excluding hydrogens is 212 g/mol. The Morgan fingerprint density at radius 1 is 1.00 bits per heavy atom. The molecular formula is C13H14N4. The summed E-state index contributed by atoms with van der Waals surface area (Å²) < 4.78 is 0. The molecule has 3 heterocycles. The molecule has 1 atom stereocenters. The van der Waals surface area contributed by atoms with Gasteiger partial charge in [0.15, 0.2) is 0 Å². The van der Waals surface area contributed by atoms with Gasteiger partial charge in [0.2, 0.25) is 5.95 Å². The van der Waals surface area contributed by atoms with E-state index in [1.54, 1.807) is 12.4 Å². The summed E-state index contributed by atoms with van der Waals surface area (Å²) in [4.78, 5) is 15.3. The molecule has 1 fully saturated rings. The van der Waals surface area contributed by atoms with E-state index >= 15 is 0 Å². The number of anilines is 1. The van der Waals surface area contributed by atoms with Gasteiger partial charge in [0.1, 0.15) is 0 Å². The Hall–Kier alpha value is -1.97. The van der Waals surface area contributed by atoms with Crippen LogP contribution in [0.15, 0.2) is 42.9 Å². The average molecular weight is 226 g/mol. The van der Waals surface area contributed by atoms with E-state index in [0.717, 1.165) is 24.6 Å². The summed E-state index contributed by atoms with van der Waals surface area (Å²) in [5.41, 5.74) is 1.11. The highest BCUT2D eigenvalue weighted by atomic mass is 15.3. The molecule has 1 aliphatic rings. The molecule has 0 amide bonds.